The zero-order chi connectivity index (χ0) is 11.7. The highest BCUT2D eigenvalue weighted by atomic mass is 15.7. The summed E-state index contributed by atoms with van der Waals surface area (Å²) in [7, 11) is 0. The molecule has 0 aliphatic carbocycles. The van der Waals surface area contributed by atoms with Crippen molar-refractivity contribution in [1.82, 2.24) is 16.0 Å². The number of unbranched alkanes of at least 4 members (excludes halogenated alkanes) is 1. The van der Waals surface area contributed by atoms with E-state index in [2.05, 4.69) is 50.6 Å². The van der Waals surface area contributed by atoms with Gasteiger partial charge in [-0.25, -0.2) is 10.9 Å². The van der Waals surface area contributed by atoms with Gasteiger partial charge in [0.25, 0.3) is 0 Å². The third-order valence-corrected chi connectivity index (χ3v) is 2.37. The third-order valence-electron chi connectivity index (χ3n) is 2.37. The molecule has 0 saturated heterocycles. The fourth-order valence-corrected chi connectivity index (χ4v) is 1.28. The summed E-state index contributed by atoms with van der Waals surface area (Å²) < 4.78 is 0. The average Bonchev–Trinajstić information content (AvgIpc) is 2.17. The van der Waals surface area contributed by atoms with Crippen LogP contribution >= 0.6 is 0 Å². The number of hydrogen-bond acceptors (Lipinski definition) is 3. The Morgan fingerprint density at radius 3 is 2.27 bits per heavy atom. The Hall–Kier alpha value is -0.120. The van der Waals surface area contributed by atoms with Crippen LogP contribution in [-0.2, 0) is 0 Å². The van der Waals surface area contributed by atoms with E-state index in [-0.39, 0.29) is 0 Å². The highest BCUT2D eigenvalue weighted by molar-refractivity contribution is 4.57. The molecule has 0 bridgehead atoms. The van der Waals surface area contributed by atoms with Gasteiger partial charge >= 0.3 is 0 Å². The van der Waals surface area contributed by atoms with Crippen LogP contribution < -0.4 is 10.9 Å². The van der Waals surface area contributed by atoms with E-state index in [0.29, 0.717) is 12.0 Å². The number of nitrogens with one attached hydrogen (secondary N) is 2. The second kappa shape index (κ2) is 9.13. The second-order valence-corrected chi connectivity index (χ2v) is 4.70. The molecule has 0 aromatic heterocycles. The van der Waals surface area contributed by atoms with Crippen molar-refractivity contribution in [2.75, 3.05) is 13.1 Å². The van der Waals surface area contributed by atoms with Crippen molar-refractivity contribution in [3.05, 3.63) is 0 Å². The lowest BCUT2D eigenvalue weighted by atomic mass is 10.2. The van der Waals surface area contributed by atoms with Crippen molar-refractivity contribution in [2.24, 2.45) is 5.92 Å². The number of rotatable bonds is 9. The van der Waals surface area contributed by atoms with Crippen LogP contribution in [-0.4, -0.2) is 24.2 Å². The third kappa shape index (κ3) is 8.85. The first-order valence-electron chi connectivity index (χ1n) is 6.37. The number of hydrazine groups is 2. The Bertz CT molecular complexity index is 137. The fraction of sp³-hybridized carbons (Fsp3) is 1.00. The maximum absolute atomic E-state index is 3.48. The first-order valence-corrected chi connectivity index (χ1v) is 6.37. The average molecular weight is 215 g/mol. The van der Waals surface area contributed by atoms with Gasteiger partial charge < -0.3 is 0 Å². The van der Waals surface area contributed by atoms with Gasteiger partial charge in [0.1, 0.15) is 0 Å². The van der Waals surface area contributed by atoms with Crippen molar-refractivity contribution < 1.29 is 0 Å². The molecule has 0 saturated carbocycles. The van der Waals surface area contributed by atoms with Crippen LogP contribution in [0.4, 0.5) is 0 Å². The Morgan fingerprint density at radius 2 is 1.80 bits per heavy atom. The minimum atomic E-state index is 0.540. The van der Waals surface area contributed by atoms with E-state index in [0.717, 1.165) is 19.5 Å². The maximum Gasteiger partial charge on any atom is 0.0311 e. The second-order valence-electron chi connectivity index (χ2n) is 4.70. The molecule has 0 aromatic rings. The summed E-state index contributed by atoms with van der Waals surface area (Å²) in [6.45, 7) is 13.2. The molecule has 0 spiro atoms. The molecule has 0 aliphatic rings. The number of hydrogen-bond donors (Lipinski definition) is 2. The molecule has 3 nitrogen and oxygen atoms in total. The Labute approximate surface area is 95.6 Å². The first kappa shape index (κ1) is 14.9. The van der Waals surface area contributed by atoms with Crippen LogP contribution in [0, 0.1) is 5.92 Å². The highest BCUT2D eigenvalue weighted by Crippen LogP contribution is 1.96. The Balaban J connectivity index is 3.83. The van der Waals surface area contributed by atoms with E-state index in [1.54, 1.807) is 0 Å². The molecule has 0 heterocycles. The normalized spacial score (nSPS) is 13.8. The molecule has 15 heavy (non-hydrogen) atoms. The van der Waals surface area contributed by atoms with Gasteiger partial charge in [-0.3, -0.25) is 0 Å². The van der Waals surface area contributed by atoms with Gasteiger partial charge in [0.15, 0.2) is 0 Å². The lowest BCUT2D eigenvalue weighted by Crippen LogP contribution is -2.53. The smallest absolute Gasteiger partial charge is 0.0311 e. The van der Waals surface area contributed by atoms with Crippen molar-refractivity contribution in [1.29, 1.82) is 0 Å². The molecule has 0 fully saturated rings. The topological polar surface area (TPSA) is 27.3 Å². The van der Waals surface area contributed by atoms with Crippen LogP contribution in [0.1, 0.15) is 53.9 Å². The molecule has 3 heteroatoms. The lowest BCUT2D eigenvalue weighted by Gasteiger charge is -2.28. The van der Waals surface area contributed by atoms with Crippen LogP contribution in [0.15, 0.2) is 0 Å². The first-order chi connectivity index (χ1) is 7.10. The van der Waals surface area contributed by atoms with E-state index < -0.39 is 0 Å². The van der Waals surface area contributed by atoms with Crippen LogP contribution in [0.5, 0.6) is 0 Å². The molecule has 92 valence electrons. The molecule has 0 aromatic carbocycles. The van der Waals surface area contributed by atoms with E-state index in [1.165, 1.54) is 12.8 Å². The Kier molecular flexibility index (Phi) is 9.06. The molecular weight excluding hydrogens is 186 g/mol. The summed E-state index contributed by atoms with van der Waals surface area (Å²) in [5.41, 5.74) is 6.92. The molecule has 0 radical (unpaired) electrons. The molecule has 2 N–H and O–H groups in total. The van der Waals surface area contributed by atoms with Crippen molar-refractivity contribution in [3.8, 4) is 0 Å². The standard InChI is InChI=1S/C12H29N3/c1-6-8-9-13-15(10-11(3)4)14-12(5)7-2/h11-14H,6-10H2,1-5H3. The highest BCUT2D eigenvalue weighted by Gasteiger charge is 2.08. The van der Waals surface area contributed by atoms with E-state index in [4.69, 9.17) is 0 Å². The van der Waals surface area contributed by atoms with Crippen LogP contribution in [0.2, 0.25) is 0 Å². The van der Waals surface area contributed by atoms with Gasteiger partial charge in [0.05, 0.1) is 0 Å². The zero-order valence-corrected chi connectivity index (χ0v) is 11.1. The SMILES string of the molecule is CCCCNN(CC(C)C)NC(C)CC. The molecule has 0 aliphatic heterocycles. The molecule has 0 rings (SSSR count). The molecule has 1 atom stereocenters. The van der Waals surface area contributed by atoms with Crippen molar-refractivity contribution >= 4 is 0 Å². The largest absolute Gasteiger partial charge is 0.242 e. The zero-order valence-electron chi connectivity index (χ0n) is 11.1. The van der Waals surface area contributed by atoms with Crippen molar-refractivity contribution in [2.45, 2.75) is 59.9 Å². The summed E-state index contributed by atoms with van der Waals surface area (Å²) in [4.78, 5) is 0. The summed E-state index contributed by atoms with van der Waals surface area (Å²) in [6, 6.07) is 0.540. The van der Waals surface area contributed by atoms with Gasteiger partial charge in [-0.05, 0) is 25.7 Å². The maximum atomic E-state index is 3.48. The summed E-state index contributed by atoms with van der Waals surface area (Å²) >= 11 is 0. The Morgan fingerprint density at radius 1 is 1.13 bits per heavy atom. The van der Waals surface area contributed by atoms with Crippen LogP contribution in [0.3, 0.4) is 0 Å². The van der Waals surface area contributed by atoms with Gasteiger partial charge in [0, 0.05) is 19.1 Å². The van der Waals surface area contributed by atoms with Crippen molar-refractivity contribution in [3.63, 3.8) is 0 Å². The van der Waals surface area contributed by atoms with Gasteiger partial charge in [-0.2, -0.15) is 5.12 Å². The van der Waals surface area contributed by atoms with E-state index in [9.17, 15) is 0 Å². The van der Waals surface area contributed by atoms with Crippen LogP contribution in [0.25, 0.3) is 0 Å². The summed E-state index contributed by atoms with van der Waals surface area (Å²) in [6.07, 6.45) is 3.63. The predicted molar refractivity (Wildman–Crippen MR) is 67.3 cm³/mol. The summed E-state index contributed by atoms with van der Waals surface area (Å²) in [5, 5.41) is 2.16. The van der Waals surface area contributed by atoms with Gasteiger partial charge in [-0.15, -0.1) is 0 Å². The minimum absolute atomic E-state index is 0.540. The quantitative estimate of drug-likeness (QED) is 0.457. The van der Waals surface area contributed by atoms with Gasteiger partial charge in [0.2, 0.25) is 0 Å². The monoisotopic (exact) mass is 215 g/mol. The number of nitrogens with zero attached hydrogens (tertiary/aromatic N) is 1. The van der Waals surface area contributed by atoms with E-state index in [1.807, 2.05) is 0 Å². The fourth-order valence-electron chi connectivity index (χ4n) is 1.28. The van der Waals surface area contributed by atoms with E-state index >= 15 is 0 Å². The summed E-state index contributed by atoms with van der Waals surface area (Å²) in [5.74, 6) is 0.677. The molecular formula is C12H29N3. The minimum Gasteiger partial charge on any atom is -0.242 e. The lowest BCUT2D eigenvalue weighted by molar-refractivity contribution is 0.0776. The predicted octanol–water partition coefficient (Wildman–Crippen LogP) is 2.55. The molecule has 1 unspecified atom stereocenters. The van der Waals surface area contributed by atoms with Gasteiger partial charge in [-0.1, -0.05) is 34.1 Å². The molecule has 0 amide bonds.